The molecule has 1 aliphatic heterocycles. The average Bonchev–Trinajstić information content (AvgIpc) is 2.70. The maximum absolute atomic E-state index is 13.0. The standard InChI is InChI=1S/C20H28N4O2S/c1-3-23-14-12-17(13-15-23)22-20-11-10-19(16-21-20)27(25,26)24(4-2)18-8-6-5-7-9-18/h5-11,16-17H,3-4,12-15H2,1-2H3,(H,21,22). The van der Waals surface area contributed by atoms with E-state index in [0.29, 0.717) is 18.3 Å². The summed E-state index contributed by atoms with van der Waals surface area (Å²) in [5.41, 5.74) is 0.657. The van der Waals surface area contributed by atoms with Gasteiger partial charge in [0.25, 0.3) is 10.0 Å². The third-order valence-corrected chi connectivity index (χ3v) is 6.93. The van der Waals surface area contributed by atoms with E-state index in [9.17, 15) is 8.42 Å². The van der Waals surface area contributed by atoms with Gasteiger partial charge in [-0.3, -0.25) is 4.31 Å². The van der Waals surface area contributed by atoms with Crippen molar-refractivity contribution in [3.05, 3.63) is 48.7 Å². The van der Waals surface area contributed by atoms with E-state index in [1.54, 1.807) is 24.3 Å². The molecule has 0 aliphatic carbocycles. The van der Waals surface area contributed by atoms with Crippen LogP contribution < -0.4 is 9.62 Å². The first-order valence-electron chi connectivity index (χ1n) is 9.57. The van der Waals surface area contributed by atoms with E-state index < -0.39 is 10.0 Å². The maximum atomic E-state index is 13.0. The molecule has 6 nitrogen and oxygen atoms in total. The first-order chi connectivity index (χ1) is 13.0. The lowest BCUT2D eigenvalue weighted by Crippen LogP contribution is -2.39. The van der Waals surface area contributed by atoms with E-state index in [4.69, 9.17) is 0 Å². The van der Waals surface area contributed by atoms with Crippen LogP contribution in [0.2, 0.25) is 0 Å². The minimum atomic E-state index is -3.63. The van der Waals surface area contributed by atoms with Crippen LogP contribution in [0.25, 0.3) is 0 Å². The van der Waals surface area contributed by atoms with Gasteiger partial charge in [0.2, 0.25) is 0 Å². The summed E-state index contributed by atoms with van der Waals surface area (Å²) in [5.74, 6) is 0.728. The van der Waals surface area contributed by atoms with Gasteiger partial charge in [0.05, 0.1) is 5.69 Å². The van der Waals surface area contributed by atoms with Gasteiger partial charge in [-0.05, 0) is 50.6 Å². The van der Waals surface area contributed by atoms with Crippen molar-refractivity contribution in [3.8, 4) is 0 Å². The van der Waals surface area contributed by atoms with Gasteiger partial charge in [0.15, 0.2) is 0 Å². The monoisotopic (exact) mass is 388 g/mol. The number of para-hydroxylation sites is 1. The molecule has 1 N–H and O–H groups in total. The number of likely N-dealkylation sites (tertiary alicyclic amines) is 1. The first-order valence-corrected chi connectivity index (χ1v) is 11.0. The van der Waals surface area contributed by atoms with Crippen molar-refractivity contribution in [2.24, 2.45) is 0 Å². The zero-order chi connectivity index (χ0) is 19.3. The van der Waals surface area contributed by atoms with Crippen LogP contribution in [-0.4, -0.2) is 50.5 Å². The largest absolute Gasteiger partial charge is 0.367 e. The Morgan fingerprint density at radius 3 is 2.37 bits per heavy atom. The second-order valence-corrected chi connectivity index (χ2v) is 8.60. The van der Waals surface area contributed by atoms with Crippen LogP contribution in [0.5, 0.6) is 0 Å². The van der Waals surface area contributed by atoms with Gasteiger partial charge in [0, 0.05) is 31.9 Å². The number of hydrogen-bond acceptors (Lipinski definition) is 5. The molecular weight excluding hydrogens is 360 g/mol. The highest BCUT2D eigenvalue weighted by atomic mass is 32.2. The van der Waals surface area contributed by atoms with Gasteiger partial charge in [-0.2, -0.15) is 0 Å². The molecule has 2 aromatic rings. The first kappa shape index (κ1) is 19.6. The van der Waals surface area contributed by atoms with Crippen LogP contribution >= 0.6 is 0 Å². The summed E-state index contributed by atoms with van der Waals surface area (Å²) in [6, 6.07) is 12.9. The fourth-order valence-corrected chi connectivity index (χ4v) is 4.85. The van der Waals surface area contributed by atoms with Crippen molar-refractivity contribution < 1.29 is 8.42 Å². The quantitative estimate of drug-likeness (QED) is 0.789. The number of nitrogens with one attached hydrogen (secondary N) is 1. The molecular formula is C20H28N4O2S. The average molecular weight is 389 g/mol. The van der Waals surface area contributed by atoms with Crippen molar-refractivity contribution in [2.75, 3.05) is 35.8 Å². The molecule has 0 bridgehead atoms. The zero-order valence-electron chi connectivity index (χ0n) is 16.0. The predicted octanol–water partition coefficient (Wildman–Crippen LogP) is 3.19. The number of hydrogen-bond donors (Lipinski definition) is 1. The molecule has 0 unspecified atom stereocenters. The summed E-state index contributed by atoms with van der Waals surface area (Å²) < 4.78 is 27.4. The number of rotatable bonds is 7. The Kier molecular flexibility index (Phi) is 6.34. The molecule has 1 aliphatic rings. The molecule has 1 aromatic carbocycles. The normalized spacial score (nSPS) is 16.2. The Balaban J connectivity index is 1.70. The van der Waals surface area contributed by atoms with E-state index in [1.807, 2.05) is 25.1 Å². The van der Waals surface area contributed by atoms with Crippen molar-refractivity contribution in [1.82, 2.24) is 9.88 Å². The van der Waals surface area contributed by atoms with Crippen molar-refractivity contribution in [1.29, 1.82) is 0 Å². The van der Waals surface area contributed by atoms with Gasteiger partial charge in [-0.1, -0.05) is 25.1 Å². The van der Waals surface area contributed by atoms with Crippen molar-refractivity contribution in [2.45, 2.75) is 37.6 Å². The third kappa shape index (κ3) is 4.59. The predicted molar refractivity (Wildman–Crippen MR) is 110 cm³/mol. The lowest BCUT2D eigenvalue weighted by molar-refractivity contribution is 0.229. The topological polar surface area (TPSA) is 65.5 Å². The molecule has 0 radical (unpaired) electrons. The van der Waals surface area contributed by atoms with E-state index in [1.165, 1.54) is 10.5 Å². The Bertz CT molecular complexity index is 817. The summed E-state index contributed by atoms with van der Waals surface area (Å²) in [6.07, 6.45) is 3.60. The number of aromatic nitrogens is 1. The van der Waals surface area contributed by atoms with Gasteiger partial charge >= 0.3 is 0 Å². The lowest BCUT2D eigenvalue weighted by atomic mass is 10.1. The van der Waals surface area contributed by atoms with E-state index in [2.05, 4.69) is 22.1 Å². The lowest BCUT2D eigenvalue weighted by Gasteiger charge is -2.31. The Hall–Kier alpha value is -2.12. The molecule has 2 heterocycles. The molecule has 1 fully saturated rings. The molecule has 27 heavy (non-hydrogen) atoms. The van der Waals surface area contributed by atoms with Gasteiger partial charge in [-0.25, -0.2) is 13.4 Å². The van der Waals surface area contributed by atoms with Crippen molar-refractivity contribution in [3.63, 3.8) is 0 Å². The summed E-state index contributed by atoms with van der Waals surface area (Å²) in [6.45, 7) is 7.64. The Morgan fingerprint density at radius 2 is 1.81 bits per heavy atom. The number of sulfonamides is 1. The van der Waals surface area contributed by atoms with Crippen LogP contribution in [-0.2, 0) is 10.0 Å². The molecule has 0 amide bonds. The molecule has 3 rings (SSSR count). The maximum Gasteiger partial charge on any atom is 0.265 e. The van der Waals surface area contributed by atoms with Gasteiger partial charge in [-0.15, -0.1) is 0 Å². The molecule has 0 atom stereocenters. The number of pyridine rings is 1. The van der Waals surface area contributed by atoms with E-state index in [-0.39, 0.29) is 4.90 Å². The highest BCUT2D eigenvalue weighted by Gasteiger charge is 2.24. The van der Waals surface area contributed by atoms with Gasteiger partial charge in [0.1, 0.15) is 10.7 Å². The fourth-order valence-electron chi connectivity index (χ4n) is 3.43. The fraction of sp³-hybridized carbons (Fsp3) is 0.450. The van der Waals surface area contributed by atoms with E-state index in [0.717, 1.165) is 38.3 Å². The zero-order valence-corrected chi connectivity index (χ0v) is 16.8. The summed E-state index contributed by atoms with van der Waals surface area (Å²) in [4.78, 5) is 7.00. The van der Waals surface area contributed by atoms with Gasteiger partial charge < -0.3 is 10.2 Å². The van der Waals surface area contributed by atoms with Crippen LogP contribution in [0.3, 0.4) is 0 Å². The molecule has 0 spiro atoms. The second-order valence-electron chi connectivity index (χ2n) is 6.74. The SMILES string of the molecule is CCN1CCC(Nc2ccc(S(=O)(=O)N(CC)c3ccccc3)cn2)CC1. The number of nitrogens with zero attached hydrogens (tertiary/aromatic N) is 3. The molecule has 1 saturated heterocycles. The highest BCUT2D eigenvalue weighted by Crippen LogP contribution is 2.24. The molecule has 1 aromatic heterocycles. The minimum Gasteiger partial charge on any atom is -0.367 e. The second kappa shape index (κ2) is 8.71. The van der Waals surface area contributed by atoms with Crippen LogP contribution in [0.15, 0.2) is 53.6 Å². The van der Waals surface area contributed by atoms with E-state index >= 15 is 0 Å². The summed E-state index contributed by atoms with van der Waals surface area (Å²) >= 11 is 0. The summed E-state index contributed by atoms with van der Waals surface area (Å²) in [7, 11) is -3.63. The summed E-state index contributed by atoms with van der Waals surface area (Å²) in [5, 5.41) is 3.43. The highest BCUT2D eigenvalue weighted by molar-refractivity contribution is 7.92. The molecule has 7 heteroatoms. The van der Waals surface area contributed by atoms with Crippen LogP contribution in [0, 0.1) is 0 Å². The third-order valence-electron chi connectivity index (χ3n) is 5.04. The Morgan fingerprint density at radius 1 is 1.11 bits per heavy atom. The Labute approximate surface area is 162 Å². The molecule has 146 valence electrons. The smallest absolute Gasteiger partial charge is 0.265 e. The number of benzene rings is 1. The molecule has 0 saturated carbocycles. The van der Waals surface area contributed by atoms with Crippen molar-refractivity contribution >= 4 is 21.5 Å². The van der Waals surface area contributed by atoms with Crippen LogP contribution in [0.1, 0.15) is 26.7 Å². The number of anilines is 2. The van der Waals surface area contributed by atoms with Crippen LogP contribution in [0.4, 0.5) is 11.5 Å². The number of piperidine rings is 1. The minimum absolute atomic E-state index is 0.208.